The molecule has 0 aromatic carbocycles. The molecule has 6 nitrogen and oxygen atoms in total. The van der Waals surface area contributed by atoms with Crippen LogP contribution >= 0.6 is 10.7 Å². The minimum absolute atomic E-state index is 0.0166. The van der Waals surface area contributed by atoms with Crippen LogP contribution in [0.25, 0.3) is 22.6 Å². The number of halogens is 4. The van der Waals surface area contributed by atoms with Crippen molar-refractivity contribution in [2.24, 2.45) is 7.05 Å². The molecule has 0 aliphatic heterocycles. The average molecular weight is 377 g/mol. The van der Waals surface area contributed by atoms with E-state index in [2.05, 4.69) is 15.0 Å². The van der Waals surface area contributed by atoms with Gasteiger partial charge in [-0.2, -0.15) is 13.2 Å². The number of alkyl halides is 3. The van der Waals surface area contributed by atoms with Crippen molar-refractivity contribution in [3.05, 3.63) is 36.3 Å². The fourth-order valence-corrected chi connectivity index (χ4v) is 3.21. The normalized spacial score (nSPS) is 12.7. The Bertz CT molecular complexity index is 1050. The molecular weight excluding hydrogens is 369 g/mol. The van der Waals surface area contributed by atoms with Crippen molar-refractivity contribution in [1.29, 1.82) is 0 Å². The lowest BCUT2D eigenvalue weighted by molar-refractivity contribution is -0.137. The first-order valence-electron chi connectivity index (χ1n) is 6.38. The van der Waals surface area contributed by atoms with Gasteiger partial charge in [-0.05, 0) is 12.1 Å². The van der Waals surface area contributed by atoms with Gasteiger partial charge < -0.3 is 4.57 Å². The van der Waals surface area contributed by atoms with E-state index in [1.807, 2.05) is 0 Å². The molecule has 126 valence electrons. The van der Waals surface area contributed by atoms with Gasteiger partial charge in [0.15, 0.2) is 5.65 Å². The van der Waals surface area contributed by atoms with Crippen molar-refractivity contribution in [2.45, 2.75) is 11.1 Å². The molecule has 0 amide bonds. The second kappa shape index (κ2) is 5.42. The molecule has 0 unspecified atom stereocenters. The van der Waals surface area contributed by atoms with Crippen molar-refractivity contribution >= 4 is 30.9 Å². The van der Waals surface area contributed by atoms with Crippen LogP contribution < -0.4 is 0 Å². The molecule has 0 aliphatic carbocycles. The van der Waals surface area contributed by atoms with E-state index < -0.39 is 20.8 Å². The maximum absolute atomic E-state index is 12.8. The zero-order valence-electron chi connectivity index (χ0n) is 11.9. The summed E-state index contributed by atoms with van der Waals surface area (Å²) in [7, 11) is 2.78. The Morgan fingerprint density at radius 2 is 1.96 bits per heavy atom. The number of hydrogen-bond donors (Lipinski definition) is 0. The van der Waals surface area contributed by atoms with Gasteiger partial charge in [0, 0.05) is 41.9 Å². The monoisotopic (exact) mass is 376 g/mol. The summed E-state index contributed by atoms with van der Waals surface area (Å²) in [4.78, 5) is 11.3. The first-order chi connectivity index (χ1) is 11.1. The second-order valence-corrected chi connectivity index (χ2v) is 7.40. The summed E-state index contributed by atoms with van der Waals surface area (Å²) in [5, 5.41) is 0. The third kappa shape index (κ3) is 2.82. The summed E-state index contributed by atoms with van der Waals surface area (Å²) in [5.74, 6) is 0.110. The van der Waals surface area contributed by atoms with E-state index >= 15 is 0 Å². The van der Waals surface area contributed by atoms with Crippen LogP contribution in [0, 0.1) is 0 Å². The molecule has 3 heterocycles. The van der Waals surface area contributed by atoms with Crippen LogP contribution in [0.5, 0.6) is 0 Å². The number of nitrogens with zero attached hydrogens (tertiary/aromatic N) is 4. The number of aromatic nitrogens is 4. The Balaban J connectivity index is 2.28. The van der Waals surface area contributed by atoms with Crippen LogP contribution in [0.2, 0.25) is 0 Å². The summed E-state index contributed by atoms with van der Waals surface area (Å²) in [5.41, 5.74) is -0.668. The van der Waals surface area contributed by atoms with E-state index in [-0.39, 0.29) is 27.4 Å². The zero-order valence-corrected chi connectivity index (χ0v) is 13.5. The highest BCUT2D eigenvalue weighted by molar-refractivity contribution is 8.13. The van der Waals surface area contributed by atoms with E-state index in [0.29, 0.717) is 6.20 Å². The molecule has 0 radical (unpaired) electrons. The minimum Gasteiger partial charge on any atom is -0.312 e. The van der Waals surface area contributed by atoms with Crippen LogP contribution in [0.1, 0.15) is 5.56 Å². The molecular formula is C13H8ClF3N4O2S. The predicted octanol–water partition coefficient (Wildman–Crippen LogP) is 2.98. The number of fused-ring (bicyclic) bond motifs is 1. The fourth-order valence-electron chi connectivity index (χ4n) is 2.23. The maximum atomic E-state index is 12.8. The molecule has 3 aromatic rings. The third-order valence-corrected chi connectivity index (χ3v) is 4.67. The zero-order chi connectivity index (χ0) is 17.7. The Hall–Kier alpha value is -2.20. The summed E-state index contributed by atoms with van der Waals surface area (Å²) >= 11 is 0. The molecule has 24 heavy (non-hydrogen) atoms. The molecule has 0 saturated heterocycles. The number of imidazole rings is 1. The van der Waals surface area contributed by atoms with Crippen LogP contribution in [0.15, 0.2) is 35.6 Å². The highest BCUT2D eigenvalue weighted by atomic mass is 35.7. The Morgan fingerprint density at radius 1 is 1.25 bits per heavy atom. The van der Waals surface area contributed by atoms with Gasteiger partial charge >= 0.3 is 6.18 Å². The van der Waals surface area contributed by atoms with Gasteiger partial charge in [0.25, 0.3) is 9.05 Å². The Kier molecular flexibility index (Phi) is 3.76. The molecule has 0 spiro atoms. The lowest BCUT2D eigenvalue weighted by Gasteiger charge is -2.06. The van der Waals surface area contributed by atoms with Gasteiger partial charge in [0.05, 0.1) is 5.56 Å². The van der Waals surface area contributed by atoms with Crippen molar-refractivity contribution in [1.82, 2.24) is 19.5 Å². The minimum atomic E-state index is -4.56. The van der Waals surface area contributed by atoms with Crippen molar-refractivity contribution in [3.8, 4) is 11.4 Å². The van der Waals surface area contributed by atoms with Crippen molar-refractivity contribution < 1.29 is 21.6 Å². The quantitative estimate of drug-likeness (QED) is 0.642. The molecule has 3 aromatic heterocycles. The standard InChI is InChI=1S/C13H8ClF3N4O2S/c1-21-11(8-2-3-18-6-10(8)24(14,22)23)20-9-4-7(13(15,16)17)5-19-12(9)21/h2-6H,1H3. The molecule has 0 saturated carbocycles. The van der Waals surface area contributed by atoms with Gasteiger partial charge in [0.2, 0.25) is 0 Å². The van der Waals surface area contributed by atoms with E-state index in [4.69, 9.17) is 10.7 Å². The molecule has 0 N–H and O–H groups in total. The first-order valence-corrected chi connectivity index (χ1v) is 8.68. The summed E-state index contributed by atoms with van der Waals surface area (Å²) < 4.78 is 63.1. The largest absolute Gasteiger partial charge is 0.417 e. The Labute approximate surface area is 138 Å². The van der Waals surface area contributed by atoms with Gasteiger partial charge in [-0.3, -0.25) is 4.98 Å². The van der Waals surface area contributed by atoms with E-state index in [1.165, 1.54) is 23.9 Å². The van der Waals surface area contributed by atoms with Crippen molar-refractivity contribution in [2.75, 3.05) is 0 Å². The first kappa shape index (κ1) is 16.7. The molecule has 11 heteroatoms. The van der Waals surface area contributed by atoms with Gasteiger partial charge in [-0.25, -0.2) is 18.4 Å². The summed E-state index contributed by atoms with van der Waals surface area (Å²) in [6.07, 6.45) is -1.49. The molecule has 0 bridgehead atoms. The number of hydrogen-bond acceptors (Lipinski definition) is 5. The summed E-state index contributed by atoms with van der Waals surface area (Å²) in [6.45, 7) is 0. The highest BCUT2D eigenvalue weighted by Gasteiger charge is 2.32. The average Bonchev–Trinajstić information content (AvgIpc) is 2.82. The van der Waals surface area contributed by atoms with Gasteiger partial charge in [-0.1, -0.05) is 0 Å². The van der Waals surface area contributed by atoms with Crippen LogP contribution in [-0.2, 0) is 22.3 Å². The predicted molar refractivity (Wildman–Crippen MR) is 79.8 cm³/mol. The molecule has 0 fully saturated rings. The second-order valence-electron chi connectivity index (χ2n) is 4.87. The number of pyridine rings is 2. The van der Waals surface area contributed by atoms with Gasteiger partial charge in [0.1, 0.15) is 16.2 Å². The molecule has 0 atom stereocenters. The number of rotatable bonds is 2. The third-order valence-electron chi connectivity index (χ3n) is 3.32. The highest BCUT2D eigenvalue weighted by Crippen LogP contribution is 2.33. The lowest BCUT2D eigenvalue weighted by atomic mass is 10.2. The van der Waals surface area contributed by atoms with Crippen LogP contribution in [0.4, 0.5) is 13.2 Å². The van der Waals surface area contributed by atoms with E-state index in [1.54, 1.807) is 0 Å². The van der Waals surface area contributed by atoms with Crippen LogP contribution in [0.3, 0.4) is 0 Å². The number of aryl methyl sites for hydroxylation is 1. The van der Waals surface area contributed by atoms with Crippen LogP contribution in [-0.4, -0.2) is 27.9 Å². The smallest absolute Gasteiger partial charge is 0.312 e. The van der Waals surface area contributed by atoms with Gasteiger partial charge in [-0.15, -0.1) is 0 Å². The van der Waals surface area contributed by atoms with E-state index in [0.717, 1.165) is 12.3 Å². The van der Waals surface area contributed by atoms with Crippen molar-refractivity contribution in [3.63, 3.8) is 0 Å². The fraction of sp³-hybridized carbons (Fsp3) is 0.154. The lowest BCUT2D eigenvalue weighted by Crippen LogP contribution is -2.05. The summed E-state index contributed by atoms with van der Waals surface area (Å²) in [6, 6.07) is 2.21. The maximum Gasteiger partial charge on any atom is 0.417 e. The van der Waals surface area contributed by atoms with E-state index in [9.17, 15) is 21.6 Å². The SMILES string of the molecule is Cn1c(-c2ccncc2S(=O)(=O)Cl)nc2cc(C(F)(F)F)cnc21. The Morgan fingerprint density at radius 3 is 2.58 bits per heavy atom. The molecule has 3 rings (SSSR count). The molecule has 0 aliphatic rings. The topological polar surface area (TPSA) is 77.7 Å².